The molecule has 1 unspecified atom stereocenters. The fraction of sp³-hybridized carbons (Fsp3) is 0.263. The van der Waals surface area contributed by atoms with Crippen LogP contribution in [0.3, 0.4) is 0 Å². The molecule has 0 aliphatic carbocycles. The van der Waals surface area contributed by atoms with Crippen LogP contribution in [0.15, 0.2) is 60.7 Å². The van der Waals surface area contributed by atoms with Crippen molar-refractivity contribution in [3.8, 4) is 5.75 Å². The smallest absolute Gasteiger partial charge is 0.268 e. The normalized spacial score (nSPS) is 11.7. The average Bonchev–Trinajstić information content (AvgIpc) is 3.13. The van der Waals surface area contributed by atoms with Crippen LogP contribution in [0.1, 0.15) is 17.4 Å². The van der Waals surface area contributed by atoms with Gasteiger partial charge in [0.1, 0.15) is 30.8 Å². The number of benzene rings is 2. The number of para-hydroxylation sites is 1. The molecule has 8 heteroatoms. The lowest BCUT2D eigenvalue weighted by molar-refractivity contribution is -0.138. The summed E-state index contributed by atoms with van der Waals surface area (Å²) in [4.78, 5) is 17.9. The molecular formula is C19H21N5O3. The summed E-state index contributed by atoms with van der Waals surface area (Å²) < 4.78 is 7.01. The molecule has 1 N–H and O–H groups in total. The number of aromatic nitrogens is 4. The predicted octanol–water partition coefficient (Wildman–Crippen LogP) is 1.89. The zero-order chi connectivity index (χ0) is 18.9. The number of amides is 1. The van der Waals surface area contributed by atoms with E-state index in [0.717, 1.165) is 11.3 Å². The van der Waals surface area contributed by atoms with E-state index in [-0.39, 0.29) is 12.5 Å². The Morgan fingerprint density at radius 3 is 2.44 bits per heavy atom. The van der Waals surface area contributed by atoms with Gasteiger partial charge in [-0.05, 0) is 35.0 Å². The summed E-state index contributed by atoms with van der Waals surface area (Å²) in [5, 5.41) is 11.4. The largest absolute Gasteiger partial charge is 0.491 e. The van der Waals surface area contributed by atoms with E-state index in [1.807, 2.05) is 60.7 Å². The van der Waals surface area contributed by atoms with E-state index < -0.39 is 6.04 Å². The summed E-state index contributed by atoms with van der Waals surface area (Å²) in [7, 11) is 0. The lowest BCUT2D eigenvalue weighted by Gasteiger charge is -2.17. The Bertz CT molecular complexity index is 839. The van der Waals surface area contributed by atoms with E-state index in [1.165, 1.54) is 4.68 Å². The first kappa shape index (κ1) is 18.5. The number of rotatable bonds is 9. The number of hydroxylamine groups is 1. The molecule has 0 saturated carbocycles. The summed E-state index contributed by atoms with van der Waals surface area (Å²) in [6, 6.07) is 18.5. The highest BCUT2D eigenvalue weighted by Crippen LogP contribution is 2.15. The minimum Gasteiger partial charge on any atom is -0.491 e. The molecule has 0 spiro atoms. The van der Waals surface area contributed by atoms with Crippen molar-refractivity contribution in [3.63, 3.8) is 0 Å². The molecule has 0 radical (unpaired) electrons. The molecule has 0 fully saturated rings. The summed E-state index contributed by atoms with van der Waals surface area (Å²) in [5.74, 6) is 0.978. The lowest BCUT2D eigenvalue weighted by atomic mass is 10.1. The number of carbonyl (C=O) groups is 1. The highest BCUT2D eigenvalue weighted by atomic mass is 16.7. The van der Waals surface area contributed by atoms with E-state index in [4.69, 9.17) is 9.57 Å². The van der Waals surface area contributed by atoms with Crippen molar-refractivity contribution in [3.05, 3.63) is 72.1 Å². The summed E-state index contributed by atoms with van der Waals surface area (Å²) in [5.41, 5.74) is 3.47. The Balaban J connectivity index is 1.54. The summed E-state index contributed by atoms with van der Waals surface area (Å²) in [6.45, 7) is 2.28. The first-order chi connectivity index (χ1) is 13.2. The third kappa shape index (κ3) is 5.35. The minimum atomic E-state index is -0.613. The molecule has 0 bridgehead atoms. The van der Waals surface area contributed by atoms with E-state index in [1.54, 1.807) is 6.92 Å². The van der Waals surface area contributed by atoms with Gasteiger partial charge in [-0.2, -0.15) is 0 Å². The Labute approximate surface area is 157 Å². The van der Waals surface area contributed by atoms with Crippen molar-refractivity contribution >= 4 is 5.91 Å². The topological polar surface area (TPSA) is 91.2 Å². The zero-order valence-corrected chi connectivity index (χ0v) is 15.0. The second kappa shape index (κ2) is 9.44. The molecule has 1 heterocycles. The van der Waals surface area contributed by atoms with Gasteiger partial charge in [0.2, 0.25) is 0 Å². The van der Waals surface area contributed by atoms with Crippen LogP contribution in [0.2, 0.25) is 0 Å². The number of hydrogen-bond acceptors (Lipinski definition) is 6. The van der Waals surface area contributed by atoms with Gasteiger partial charge in [-0.15, -0.1) is 5.10 Å². The van der Waals surface area contributed by atoms with E-state index >= 15 is 0 Å². The fourth-order valence-corrected chi connectivity index (χ4v) is 2.56. The van der Waals surface area contributed by atoms with E-state index in [2.05, 4.69) is 21.0 Å². The molecule has 0 aliphatic heterocycles. The van der Waals surface area contributed by atoms with Gasteiger partial charge in [-0.25, -0.2) is 10.2 Å². The van der Waals surface area contributed by atoms with Crippen LogP contribution in [0, 0.1) is 6.92 Å². The first-order valence-corrected chi connectivity index (χ1v) is 8.62. The number of carbonyl (C=O) groups excluding carboxylic acids is 1. The molecule has 3 rings (SSSR count). The fourth-order valence-electron chi connectivity index (χ4n) is 2.56. The van der Waals surface area contributed by atoms with Crippen molar-refractivity contribution in [1.82, 2.24) is 25.7 Å². The quantitative estimate of drug-likeness (QED) is 0.459. The zero-order valence-electron chi connectivity index (χ0n) is 15.0. The highest BCUT2D eigenvalue weighted by Gasteiger charge is 2.24. The van der Waals surface area contributed by atoms with Crippen LogP contribution in [0.5, 0.6) is 5.75 Å². The molecule has 3 aromatic rings. The number of tetrazole rings is 1. The SMILES string of the molecule is Cc1nnnn1C(Cc1ccccc1)C(=O)NOCCOc1ccccc1. The van der Waals surface area contributed by atoms with Gasteiger partial charge in [-0.1, -0.05) is 48.5 Å². The molecule has 1 amide bonds. The van der Waals surface area contributed by atoms with Gasteiger partial charge >= 0.3 is 0 Å². The Hall–Kier alpha value is -3.26. The highest BCUT2D eigenvalue weighted by molar-refractivity contribution is 5.79. The third-order valence-corrected chi connectivity index (χ3v) is 3.90. The molecule has 27 heavy (non-hydrogen) atoms. The minimum absolute atomic E-state index is 0.216. The van der Waals surface area contributed by atoms with Crippen molar-refractivity contribution in [2.75, 3.05) is 13.2 Å². The van der Waals surface area contributed by atoms with E-state index in [0.29, 0.717) is 18.9 Å². The summed E-state index contributed by atoms with van der Waals surface area (Å²) >= 11 is 0. The second-order valence-electron chi connectivity index (χ2n) is 5.85. The third-order valence-electron chi connectivity index (χ3n) is 3.90. The van der Waals surface area contributed by atoms with Crippen molar-refractivity contribution in [2.45, 2.75) is 19.4 Å². The van der Waals surface area contributed by atoms with Crippen LogP contribution < -0.4 is 10.2 Å². The van der Waals surface area contributed by atoms with Gasteiger partial charge in [0, 0.05) is 6.42 Å². The number of ether oxygens (including phenoxy) is 1. The predicted molar refractivity (Wildman–Crippen MR) is 97.8 cm³/mol. The van der Waals surface area contributed by atoms with Gasteiger partial charge in [0.25, 0.3) is 5.91 Å². The average molecular weight is 367 g/mol. The molecular weight excluding hydrogens is 346 g/mol. The maximum Gasteiger partial charge on any atom is 0.268 e. The number of nitrogens with zero attached hydrogens (tertiary/aromatic N) is 4. The van der Waals surface area contributed by atoms with Crippen molar-refractivity contribution in [2.24, 2.45) is 0 Å². The Morgan fingerprint density at radius 1 is 1.07 bits per heavy atom. The monoisotopic (exact) mass is 367 g/mol. The molecule has 0 aliphatic rings. The van der Waals surface area contributed by atoms with Crippen molar-refractivity contribution < 1.29 is 14.4 Å². The number of hydrogen-bond donors (Lipinski definition) is 1. The molecule has 1 atom stereocenters. The van der Waals surface area contributed by atoms with Crippen LogP contribution in [0.4, 0.5) is 0 Å². The molecule has 8 nitrogen and oxygen atoms in total. The van der Waals surface area contributed by atoms with E-state index in [9.17, 15) is 4.79 Å². The molecule has 140 valence electrons. The molecule has 1 aromatic heterocycles. The lowest BCUT2D eigenvalue weighted by Crippen LogP contribution is -2.35. The van der Waals surface area contributed by atoms with Crippen LogP contribution in [-0.4, -0.2) is 39.3 Å². The molecule has 0 saturated heterocycles. The van der Waals surface area contributed by atoms with Crippen LogP contribution in [-0.2, 0) is 16.1 Å². The van der Waals surface area contributed by atoms with Gasteiger partial charge in [0.05, 0.1) is 0 Å². The van der Waals surface area contributed by atoms with Gasteiger partial charge in [-0.3, -0.25) is 9.63 Å². The second-order valence-corrected chi connectivity index (χ2v) is 5.85. The van der Waals surface area contributed by atoms with Gasteiger partial charge in [0.15, 0.2) is 0 Å². The molecule has 2 aromatic carbocycles. The summed E-state index contributed by atoms with van der Waals surface area (Å²) in [6.07, 6.45) is 0.447. The van der Waals surface area contributed by atoms with Gasteiger partial charge < -0.3 is 4.74 Å². The van der Waals surface area contributed by atoms with Crippen LogP contribution >= 0.6 is 0 Å². The number of nitrogens with one attached hydrogen (secondary N) is 1. The Kier molecular flexibility index (Phi) is 6.48. The maximum atomic E-state index is 12.6. The maximum absolute atomic E-state index is 12.6. The Morgan fingerprint density at radius 2 is 1.78 bits per heavy atom. The standard InChI is InChI=1S/C19H21N5O3/c1-15-20-22-23-24(15)18(14-16-8-4-2-5-9-16)19(25)21-27-13-12-26-17-10-6-3-7-11-17/h2-11,18H,12-14H2,1H3,(H,21,25). The van der Waals surface area contributed by atoms with Crippen LogP contribution in [0.25, 0.3) is 0 Å². The number of aryl methyl sites for hydroxylation is 1. The first-order valence-electron chi connectivity index (χ1n) is 8.62. The van der Waals surface area contributed by atoms with Crippen molar-refractivity contribution in [1.29, 1.82) is 0 Å².